The number of aryl methyl sites for hydroxylation is 1. The first-order chi connectivity index (χ1) is 15.8. The van der Waals surface area contributed by atoms with Crippen LogP contribution >= 0.6 is 11.6 Å². The van der Waals surface area contributed by atoms with E-state index in [0.717, 1.165) is 24.0 Å². The maximum absolute atomic E-state index is 12.1. The van der Waals surface area contributed by atoms with Crippen LogP contribution in [0.5, 0.6) is 5.75 Å². The van der Waals surface area contributed by atoms with Gasteiger partial charge in [0.05, 0.1) is 17.7 Å². The van der Waals surface area contributed by atoms with Crippen molar-refractivity contribution in [3.05, 3.63) is 75.8 Å². The molecule has 0 radical (unpaired) electrons. The van der Waals surface area contributed by atoms with E-state index in [-0.39, 0.29) is 22.1 Å². The number of ether oxygens (including phenoxy) is 4. The predicted octanol–water partition coefficient (Wildman–Crippen LogP) is 4.05. The number of para-hydroxylation sites is 1. The molecule has 2 aromatic rings. The van der Waals surface area contributed by atoms with E-state index < -0.39 is 17.4 Å². The minimum atomic E-state index is -1.84. The Labute approximate surface area is 196 Å². The average molecular weight is 473 g/mol. The number of carboxylic acids is 1. The summed E-state index contributed by atoms with van der Waals surface area (Å²) in [7, 11) is 4.20. The van der Waals surface area contributed by atoms with Gasteiger partial charge in [-0.15, -0.1) is 0 Å². The van der Waals surface area contributed by atoms with Crippen molar-refractivity contribution < 1.29 is 28.8 Å². The Morgan fingerprint density at radius 3 is 2.45 bits per heavy atom. The summed E-state index contributed by atoms with van der Waals surface area (Å²) < 4.78 is 24.3. The Bertz CT molecular complexity index is 1130. The van der Waals surface area contributed by atoms with E-state index in [4.69, 9.17) is 30.5 Å². The quantitative estimate of drug-likeness (QED) is 0.574. The lowest BCUT2D eigenvalue weighted by molar-refractivity contribution is -0.258. The van der Waals surface area contributed by atoms with Crippen molar-refractivity contribution >= 4 is 17.6 Å². The number of benzene rings is 1. The number of methoxy groups -OCH3 is 3. The molecule has 1 fully saturated rings. The van der Waals surface area contributed by atoms with Gasteiger partial charge in [-0.25, -0.2) is 4.79 Å². The summed E-state index contributed by atoms with van der Waals surface area (Å²) >= 11 is 6.53. The van der Waals surface area contributed by atoms with Crippen molar-refractivity contribution in [3.63, 3.8) is 0 Å². The molecule has 1 saturated carbocycles. The zero-order chi connectivity index (χ0) is 23.8. The summed E-state index contributed by atoms with van der Waals surface area (Å²) in [6.07, 6.45) is 4.91. The number of carbonyl (C=O) groups is 1. The number of rotatable bonds is 8. The van der Waals surface area contributed by atoms with Gasteiger partial charge in [0.25, 0.3) is 5.79 Å². The molecule has 2 aliphatic rings. The highest BCUT2D eigenvalue weighted by Gasteiger charge is 2.64. The maximum atomic E-state index is 12.1. The van der Waals surface area contributed by atoms with Crippen molar-refractivity contribution in [1.82, 2.24) is 10.2 Å². The van der Waals surface area contributed by atoms with Crippen LogP contribution in [0.15, 0.2) is 59.0 Å². The highest BCUT2D eigenvalue weighted by atomic mass is 35.5. The SMILES string of the molecule is COC1=C(Cl)C(C(=O)O)=CC(OC)(Oc2c(C)cccc2C2CC2)C1(OC)c1cccnn1. The molecule has 0 saturated heterocycles. The normalized spacial score (nSPS) is 24.9. The van der Waals surface area contributed by atoms with E-state index in [2.05, 4.69) is 10.2 Å². The topological polar surface area (TPSA) is 100 Å². The molecular weight excluding hydrogens is 448 g/mol. The largest absolute Gasteiger partial charge is 0.496 e. The molecule has 0 aliphatic heterocycles. The molecule has 2 atom stereocenters. The first kappa shape index (κ1) is 23.2. The van der Waals surface area contributed by atoms with Gasteiger partial charge < -0.3 is 24.1 Å². The fourth-order valence-corrected chi connectivity index (χ4v) is 4.68. The monoisotopic (exact) mass is 472 g/mol. The summed E-state index contributed by atoms with van der Waals surface area (Å²) in [6.45, 7) is 1.92. The van der Waals surface area contributed by atoms with Crippen LogP contribution in [-0.2, 0) is 24.6 Å². The fraction of sp³-hybridized carbons (Fsp3) is 0.375. The number of aliphatic carboxylic acids is 1. The Morgan fingerprint density at radius 1 is 1.15 bits per heavy atom. The minimum Gasteiger partial charge on any atom is -0.496 e. The molecule has 0 amide bonds. The molecule has 1 aromatic carbocycles. The smallest absolute Gasteiger partial charge is 0.337 e. The van der Waals surface area contributed by atoms with Crippen LogP contribution in [0.25, 0.3) is 0 Å². The van der Waals surface area contributed by atoms with Crippen molar-refractivity contribution in [2.24, 2.45) is 0 Å². The maximum Gasteiger partial charge on any atom is 0.337 e. The second-order valence-corrected chi connectivity index (χ2v) is 8.32. The van der Waals surface area contributed by atoms with Gasteiger partial charge in [-0.3, -0.25) is 0 Å². The molecule has 9 heteroatoms. The van der Waals surface area contributed by atoms with E-state index in [1.807, 2.05) is 25.1 Å². The minimum absolute atomic E-state index is 0.0181. The second kappa shape index (κ2) is 8.78. The molecule has 0 bridgehead atoms. The van der Waals surface area contributed by atoms with Gasteiger partial charge in [-0.1, -0.05) is 29.8 Å². The molecule has 1 heterocycles. The number of halogens is 1. The van der Waals surface area contributed by atoms with Crippen molar-refractivity contribution in [1.29, 1.82) is 0 Å². The zero-order valence-electron chi connectivity index (χ0n) is 18.8. The van der Waals surface area contributed by atoms with Crippen LogP contribution in [0.1, 0.15) is 35.6 Å². The van der Waals surface area contributed by atoms with E-state index >= 15 is 0 Å². The van der Waals surface area contributed by atoms with Gasteiger partial charge in [0.1, 0.15) is 11.4 Å². The number of hydrogen-bond acceptors (Lipinski definition) is 7. The number of hydrogen-bond donors (Lipinski definition) is 1. The fourth-order valence-electron chi connectivity index (χ4n) is 4.33. The summed E-state index contributed by atoms with van der Waals surface area (Å²) in [5.74, 6) is -2.19. The Kier molecular flexibility index (Phi) is 6.18. The third-order valence-electron chi connectivity index (χ3n) is 6.07. The highest BCUT2D eigenvalue weighted by Crippen LogP contribution is 2.54. The Morgan fingerprint density at radius 2 is 1.91 bits per heavy atom. The molecule has 174 valence electrons. The summed E-state index contributed by atoms with van der Waals surface area (Å²) in [5, 5.41) is 18.0. The second-order valence-electron chi connectivity index (χ2n) is 7.95. The van der Waals surface area contributed by atoms with Gasteiger partial charge in [-0.2, -0.15) is 10.2 Å². The van der Waals surface area contributed by atoms with Gasteiger partial charge in [-0.05, 0) is 48.9 Å². The third kappa shape index (κ3) is 3.58. The lowest BCUT2D eigenvalue weighted by Gasteiger charge is -2.48. The van der Waals surface area contributed by atoms with Crippen LogP contribution in [-0.4, -0.2) is 48.4 Å². The molecule has 2 aliphatic carbocycles. The molecule has 1 N–H and O–H groups in total. The van der Waals surface area contributed by atoms with E-state index in [9.17, 15) is 9.90 Å². The number of carboxylic acid groups (broad SMARTS) is 1. The van der Waals surface area contributed by atoms with Gasteiger partial charge in [0, 0.05) is 26.5 Å². The highest BCUT2D eigenvalue weighted by molar-refractivity contribution is 6.35. The van der Waals surface area contributed by atoms with Gasteiger partial charge >= 0.3 is 5.97 Å². The molecule has 33 heavy (non-hydrogen) atoms. The summed E-state index contributed by atoms with van der Waals surface area (Å²) in [6, 6.07) is 9.23. The molecule has 2 unspecified atom stereocenters. The molecule has 0 spiro atoms. The van der Waals surface area contributed by atoms with Crippen LogP contribution in [0.2, 0.25) is 0 Å². The zero-order valence-corrected chi connectivity index (χ0v) is 19.5. The van der Waals surface area contributed by atoms with Gasteiger partial charge in [0.15, 0.2) is 5.76 Å². The first-order valence-electron chi connectivity index (χ1n) is 10.4. The summed E-state index contributed by atoms with van der Waals surface area (Å²) in [5.41, 5.74) is 0.203. The van der Waals surface area contributed by atoms with Crippen LogP contribution in [0, 0.1) is 6.92 Å². The lowest BCUT2D eigenvalue weighted by Crippen LogP contribution is -2.61. The van der Waals surface area contributed by atoms with E-state index in [1.165, 1.54) is 33.6 Å². The molecule has 1 aromatic heterocycles. The van der Waals surface area contributed by atoms with E-state index in [1.54, 1.807) is 12.1 Å². The third-order valence-corrected chi connectivity index (χ3v) is 6.45. The van der Waals surface area contributed by atoms with Crippen molar-refractivity contribution in [2.75, 3.05) is 21.3 Å². The summed E-state index contributed by atoms with van der Waals surface area (Å²) in [4.78, 5) is 12.1. The van der Waals surface area contributed by atoms with Crippen LogP contribution in [0.3, 0.4) is 0 Å². The number of nitrogens with zero attached hydrogens (tertiary/aromatic N) is 2. The Balaban J connectivity index is 2.04. The number of aromatic nitrogens is 2. The van der Waals surface area contributed by atoms with Crippen LogP contribution in [0.4, 0.5) is 0 Å². The molecular formula is C24H25ClN2O6. The van der Waals surface area contributed by atoms with Crippen molar-refractivity contribution in [3.8, 4) is 5.75 Å². The predicted molar refractivity (Wildman–Crippen MR) is 120 cm³/mol. The van der Waals surface area contributed by atoms with Gasteiger partial charge in [0.2, 0.25) is 5.60 Å². The van der Waals surface area contributed by atoms with E-state index in [0.29, 0.717) is 11.7 Å². The standard InChI is InChI=1S/C24H25ClN2O6/c1-14-7-5-8-16(15-10-11-15)20(14)33-23(31-3)13-17(22(28)29)19(25)21(30-2)24(23,32-4)18-9-6-12-26-27-18/h5-9,12-13,15H,10-11H2,1-4H3,(H,28,29). The lowest BCUT2D eigenvalue weighted by atomic mass is 9.80. The van der Waals surface area contributed by atoms with Crippen molar-refractivity contribution in [2.45, 2.75) is 37.1 Å². The first-order valence-corrected chi connectivity index (χ1v) is 10.8. The Hall–Kier alpha value is -2.94. The molecule has 4 rings (SSSR count). The average Bonchev–Trinajstić information content (AvgIpc) is 3.66. The molecule has 8 nitrogen and oxygen atoms in total. The van der Waals surface area contributed by atoms with Crippen LogP contribution < -0.4 is 4.74 Å².